The number of benzene rings is 1. The van der Waals surface area contributed by atoms with E-state index in [9.17, 15) is 14.4 Å². The summed E-state index contributed by atoms with van der Waals surface area (Å²) in [6, 6.07) is 9.35. The zero-order chi connectivity index (χ0) is 25.8. The van der Waals surface area contributed by atoms with E-state index in [1.54, 1.807) is 31.4 Å². The van der Waals surface area contributed by atoms with Crippen molar-refractivity contribution in [2.45, 2.75) is 25.8 Å². The van der Waals surface area contributed by atoms with Crippen LogP contribution in [0.25, 0.3) is 11.1 Å². The van der Waals surface area contributed by atoms with Crippen LogP contribution in [-0.4, -0.2) is 38.1 Å². The molecule has 0 radical (unpaired) electrons. The number of fused-ring (bicyclic) bond motifs is 3. The lowest BCUT2D eigenvalue weighted by Crippen LogP contribution is -2.26. The molecule has 1 aliphatic rings. The molecule has 0 fully saturated rings. The molecule has 1 unspecified atom stereocenters. The molecule has 0 bridgehead atoms. The molecule has 4 rings (SSSR count). The molecule has 2 N–H and O–H groups in total. The molecular formula is C27H27N3O6. The average Bonchev–Trinajstić information content (AvgIpc) is 3.12. The normalized spacial score (nSPS) is 13.9. The summed E-state index contributed by atoms with van der Waals surface area (Å²) in [5.41, 5.74) is 3.03. The number of carbonyl (C=O) groups is 2. The molecule has 2 amide bonds. The lowest BCUT2D eigenvalue weighted by Gasteiger charge is -2.19. The second-order valence-corrected chi connectivity index (χ2v) is 8.29. The number of anilines is 1. The summed E-state index contributed by atoms with van der Waals surface area (Å²) in [6.07, 6.45) is 4.14. The van der Waals surface area contributed by atoms with E-state index in [2.05, 4.69) is 15.6 Å². The van der Waals surface area contributed by atoms with Crippen molar-refractivity contribution in [1.82, 2.24) is 10.3 Å². The predicted molar refractivity (Wildman–Crippen MR) is 135 cm³/mol. The fraction of sp³-hybridized carbons (Fsp3) is 0.259. The highest BCUT2D eigenvalue weighted by Gasteiger charge is 2.29. The van der Waals surface area contributed by atoms with Crippen molar-refractivity contribution in [3.8, 4) is 28.4 Å². The van der Waals surface area contributed by atoms with E-state index in [1.165, 1.54) is 39.6 Å². The molecule has 3 aromatic rings. The van der Waals surface area contributed by atoms with Crippen LogP contribution in [0.15, 0.2) is 53.6 Å². The lowest BCUT2D eigenvalue weighted by atomic mass is 9.95. The average molecular weight is 490 g/mol. The summed E-state index contributed by atoms with van der Waals surface area (Å²) in [5.74, 6) is 0.742. The van der Waals surface area contributed by atoms with Gasteiger partial charge in [0.1, 0.15) is 0 Å². The summed E-state index contributed by atoms with van der Waals surface area (Å²) in [4.78, 5) is 42.0. The number of hydrogen-bond donors (Lipinski definition) is 2. The molecule has 1 heterocycles. The van der Waals surface area contributed by atoms with Crippen molar-refractivity contribution in [3.05, 3.63) is 75.7 Å². The van der Waals surface area contributed by atoms with Crippen LogP contribution in [0.4, 0.5) is 5.69 Å². The fourth-order valence-electron chi connectivity index (χ4n) is 4.51. The molecule has 1 atom stereocenters. The molecular weight excluding hydrogens is 462 g/mol. The van der Waals surface area contributed by atoms with Gasteiger partial charge < -0.3 is 24.8 Å². The van der Waals surface area contributed by atoms with Gasteiger partial charge in [-0.05, 0) is 59.9 Å². The Bertz CT molecular complexity index is 1370. The van der Waals surface area contributed by atoms with Crippen LogP contribution in [-0.2, 0) is 11.2 Å². The minimum atomic E-state index is -0.435. The number of carbonyl (C=O) groups excluding carboxylic acids is 2. The monoisotopic (exact) mass is 489 g/mol. The number of aryl methyl sites for hydroxylation is 1. The Kier molecular flexibility index (Phi) is 7.19. The van der Waals surface area contributed by atoms with Gasteiger partial charge in [-0.1, -0.05) is 6.07 Å². The van der Waals surface area contributed by atoms with E-state index in [0.717, 1.165) is 11.1 Å². The van der Waals surface area contributed by atoms with Gasteiger partial charge in [-0.25, -0.2) is 0 Å². The van der Waals surface area contributed by atoms with Crippen molar-refractivity contribution in [1.29, 1.82) is 0 Å². The first-order valence-electron chi connectivity index (χ1n) is 11.4. The van der Waals surface area contributed by atoms with Crippen LogP contribution in [0, 0.1) is 0 Å². The Morgan fingerprint density at radius 1 is 0.972 bits per heavy atom. The SMILES string of the molecule is COc1cc2c(c(OC)c1OC)-c1ccc(NC(=O)c3ccncc3)c(=O)cc1C(NC(C)=O)CC2. The third-order valence-corrected chi connectivity index (χ3v) is 6.11. The molecule has 1 aliphatic carbocycles. The predicted octanol–water partition coefficient (Wildman–Crippen LogP) is 3.51. The first-order valence-corrected chi connectivity index (χ1v) is 11.4. The topological polar surface area (TPSA) is 116 Å². The summed E-state index contributed by atoms with van der Waals surface area (Å²) in [5, 5.41) is 5.65. The molecule has 9 heteroatoms. The molecule has 0 spiro atoms. The Labute approximate surface area is 208 Å². The Hall–Kier alpha value is -4.40. The van der Waals surface area contributed by atoms with Crippen molar-refractivity contribution < 1.29 is 23.8 Å². The first kappa shape index (κ1) is 24.7. The molecule has 2 aromatic carbocycles. The van der Waals surface area contributed by atoms with Gasteiger partial charge in [-0.15, -0.1) is 0 Å². The number of amides is 2. The van der Waals surface area contributed by atoms with E-state index >= 15 is 0 Å². The quantitative estimate of drug-likeness (QED) is 0.544. The zero-order valence-electron chi connectivity index (χ0n) is 20.5. The second kappa shape index (κ2) is 10.5. The molecule has 0 saturated heterocycles. The van der Waals surface area contributed by atoms with Gasteiger partial charge in [0.05, 0.1) is 33.1 Å². The largest absolute Gasteiger partial charge is 0.493 e. The number of methoxy groups -OCH3 is 3. The van der Waals surface area contributed by atoms with Crippen molar-refractivity contribution in [2.24, 2.45) is 0 Å². The van der Waals surface area contributed by atoms with Gasteiger partial charge in [0, 0.05) is 30.4 Å². The maximum absolute atomic E-state index is 13.3. The number of pyridine rings is 1. The van der Waals surface area contributed by atoms with Crippen molar-refractivity contribution in [2.75, 3.05) is 26.6 Å². The Morgan fingerprint density at radius 3 is 2.33 bits per heavy atom. The highest BCUT2D eigenvalue weighted by atomic mass is 16.5. The molecule has 1 aromatic heterocycles. The molecule has 186 valence electrons. The molecule has 0 saturated carbocycles. The van der Waals surface area contributed by atoms with Gasteiger partial charge in [-0.3, -0.25) is 19.4 Å². The van der Waals surface area contributed by atoms with E-state index in [0.29, 0.717) is 46.8 Å². The maximum atomic E-state index is 13.3. The minimum absolute atomic E-state index is 0.104. The van der Waals surface area contributed by atoms with Crippen molar-refractivity contribution >= 4 is 17.5 Å². The van der Waals surface area contributed by atoms with E-state index < -0.39 is 17.4 Å². The van der Waals surface area contributed by atoms with Gasteiger partial charge in [-0.2, -0.15) is 0 Å². The van der Waals surface area contributed by atoms with Crippen LogP contribution in [0.3, 0.4) is 0 Å². The van der Waals surface area contributed by atoms with Gasteiger partial charge >= 0.3 is 0 Å². The lowest BCUT2D eigenvalue weighted by molar-refractivity contribution is -0.119. The van der Waals surface area contributed by atoms with Crippen LogP contribution < -0.4 is 30.3 Å². The highest BCUT2D eigenvalue weighted by molar-refractivity contribution is 6.04. The second-order valence-electron chi connectivity index (χ2n) is 8.29. The van der Waals surface area contributed by atoms with Gasteiger partial charge in [0.25, 0.3) is 5.91 Å². The number of nitrogens with one attached hydrogen (secondary N) is 2. The highest BCUT2D eigenvalue weighted by Crippen LogP contribution is 2.50. The standard InChI is InChI=1S/C27H27N3O6/c1-15(31)29-20-7-5-17-13-23(34-2)25(35-3)26(36-4)24(17)18-6-8-21(22(32)14-19(18)20)30-27(33)16-9-11-28-12-10-16/h6,8-14,20H,5,7H2,1-4H3,(H,29,31)(H,30,32,33). The summed E-state index contributed by atoms with van der Waals surface area (Å²) >= 11 is 0. The van der Waals surface area contributed by atoms with Crippen LogP contribution >= 0.6 is 0 Å². The van der Waals surface area contributed by atoms with Gasteiger partial charge in [0.15, 0.2) is 11.5 Å². The summed E-state index contributed by atoms with van der Waals surface area (Å²) in [6.45, 7) is 1.44. The molecule has 9 nitrogen and oxygen atoms in total. The minimum Gasteiger partial charge on any atom is -0.493 e. The third kappa shape index (κ3) is 4.72. The number of aromatic nitrogens is 1. The number of rotatable bonds is 6. The molecule has 36 heavy (non-hydrogen) atoms. The third-order valence-electron chi connectivity index (χ3n) is 6.11. The van der Waals surface area contributed by atoms with Crippen LogP contribution in [0.5, 0.6) is 17.2 Å². The first-order chi connectivity index (χ1) is 17.4. The van der Waals surface area contributed by atoms with Gasteiger partial charge in [0.2, 0.25) is 17.1 Å². The van der Waals surface area contributed by atoms with Crippen LogP contribution in [0.2, 0.25) is 0 Å². The van der Waals surface area contributed by atoms with Crippen LogP contribution in [0.1, 0.15) is 40.9 Å². The number of ether oxygens (including phenoxy) is 3. The summed E-state index contributed by atoms with van der Waals surface area (Å²) < 4.78 is 16.9. The maximum Gasteiger partial charge on any atom is 0.255 e. The Morgan fingerprint density at radius 2 is 1.69 bits per heavy atom. The summed E-state index contributed by atoms with van der Waals surface area (Å²) in [7, 11) is 4.61. The van der Waals surface area contributed by atoms with E-state index in [-0.39, 0.29) is 11.6 Å². The number of nitrogens with zero attached hydrogens (tertiary/aromatic N) is 1. The zero-order valence-corrected chi connectivity index (χ0v) is 20.5. The number of hydrogen-bond acceptors (Lipinski definition) is 7. The van der Waals surface area contributed by atoms with E-state index in [4.69, 9.17) is 14.2 Å². The van der Waals surface area contributed by atoms with Crippen molar-refractivity contribution in [3.63, 3.8) is 0 Å². The fourth-order valence-corrected chi connectivity index (χ4v) is 4.51. The van der Waals surface area contributed by atoms with E-state index in [1.807, 2.05) is 6.07 Å². The molecule has 0 aliphatic heterocycles. The smallest absolute Gasteiger partial charge is 0.255 e. The Balaban J connectivity index is 1.94.